The Balaban J connectivity index is 2.34. The summed E-state index contributed by atoms with van der Waals surface area (Å²) in [7, 11) is 3.29. The number of methoxy groups -OCH3 is 2. The smallest absolute Gasteiger partial charge is 0.134 e. The molecule has 1 aromatic heterocycles. The highest BCUT2D eigenvalue weighted by Crippen LogP contribution is 2.38. The van der Waals surface area contributed by atoms with E-state index in [1.54, 1.807) is 14.2 Å². The zero-order valence-corrected chi connectivity index (χ0v) is 11.3. The Bertz CT molecular complexity index is 638. The van der Waals surface area contributed by atoms with Crippen molar-refractivity contribution in [2.75, 3.05) is 20.0 Å². The first-order valence-corrected chi connectivity index (χ1v) is 6.57. The van der Waals surface area contributed by atoms with Crippen molar-refractivity contribution in [1.82, 2.24) is 4.98 Å². The van der Waals surface area contributed by atoms with Crippen LogP contribution in [0.3, 0.4) is 0 Å². The fourth-order valence-corrected chi connectivity index (χ4v) is 2.81. The van der Waals surface area contributed by atoms with Gasteiger partial charge >= 0.3 is 0 Å². The number of pyridine rings is 1. The van der Waals surface area contributed by atoms with Gasteiger partial charge in [-0.2, -0.15) is 0 Å². The number of hydrogen-bond acceptors (Lipinski definition) is 4. The Labute approximate surface area is 112 Å². The van der Waals surface area contributed by atoms with Crippen molar-refractivity contribution >= 4 is 16.6 Å². The SMILES string of the molecule is COc1cc(OC)c2c(N)c3c(nc2c1)CCCC3. The molecule has 0 saturated heterocycles. The largest absolute Gasteiger partial charge is 0.497 e. The number of fused-ring (bicyclic) bond motifs is 2. The molecule has 4 heteroatoms. The molecule has 2 aromatic rings. The number of anilines is 1. The lowest BCUT2D eigenvalue weighted by molar-refractivity contribution is 0.398. The molecule has 3 rings (SSSR count). The number of hydrogen-bond donors (Lipinski definition) is 1. The average molecular weight is 258 g/mol. The highest BCUT2D eigenvalue weighted by Gasteiger charge is 2.19. The predicted molar refractivity (Wildman–Crippen MR) is 75.9 cm³/mol. The number of nitrogen functional groups attached to an aromatic ring is 1. The molecule has 19 heavy (non-hydrogen) atoms. The molecule has 0 unspecified atom stereocenters. The van der Waals surface area contributed by atoms with E-state index in [9.17, 15) is 0 Å². The molecule has 1 heterocycles. The van der Waals surface area contributed by atoms with Gasteiger partial charge in [0.2, 0.25) is 0 Å². The second kappa shape index (κ2) is 4.61. The standard InChI is InChI=1S/C15H18N2O2/c1-18-9-7-12-14(13(8-9)19-2)15(16)10-5-3-4-6-11(10)17-12/h7-8H,3-6H2,1-2H3,(H2,16,17). The van der Waals surface area contributed by atoms with Crippen molar-refractivity contribution in [3.8, 4) is 11.5 Å². The molecule has 4 nitrogen and oxygen atoms in total. The topological polar surface area (TPSA) is 57.4 Å². The Hall–Kier alpha value is -1.97. The summed E-state index contributed by atoms with van der Waals surface area (Å²) in [6.45, 7) is 0. The third-order valence-corrected chi connectivity index (χ3v) is 3.80. The molecule has 2 N–H and O–H groups in total. The van der Waals surface area contributed by atoms with E-state index in [-0.39, 0.29) is 0 Å². The lowest BCUT2D eigenvalue weighted by Gasteiger charge is -2.20. The summed E-state index contributed by atoms with van der Waals surface area (Å²) in [6, 6.07) is 3.78. The Morgan fingerprint density at radius 3 is 2.63 bits per heavy atom. The number of nitrogens with two attached hydrogens (primary N) is 1. The van der Waals surface area contributed by atoms with Gasteiger partial charge < -0.3 is 15.2 Å². The molecule has 0 fully saturated rings. The van der Waals surface area contributed by atoms with Gasteiger partial charge in [-0.15, -0.1) is 0 Å². The number of ether oxygens (including phenoxy) is 2. The Morgan fingerprint density at radius 2 is 1.89 bits per heavy atom. The van der Waals surface area contributed by atoms with Crippen LogP contribution in [0.2, 0.25) is 0 Å². The molecule has 0 saturated carbocycles. The molecule has 0 aliphatic heterocycles. The van der Waals surface area contributed by atoms with Gasteiger partial charge in [0.15, 0.2) is 0 Å². The van der Waals surface area contributed by atoms with E-state index in [1.807, 2.05) is 12.1 Å². The number of rotatable bonds is 2. The summed E-state index contributed by atoms with van der Waals surface area (Å²) in [6.07, 6.45) is 4.39. The maximum atomic E-state index is 6.35. The first-order valence-electron chi connectivity index (χ1n) is 6.57. The van der Waals surface area contributed by atoms with E-state index in [4.69, 9.17) is 20.2 Å². The lowest BCUT2D eigenvalue weighted by Crippen LogP contribution is -2.10. The number of nitrogens with zero attached hydrogens (tertiary/aromatic N) is 1. The molecule has 100 valence electrons. The van der Waals surface area contributed by atoms with Crippen LogP contribution in [0.15, 0.2) is 12.1 Å². The van der Waals surface area contributed by atoms with Gasteiger partial charge in [-0.05, 0) is 31.2 Å². The fourth-order valence-electron chi connectivity index (χ4n) is 2.81. The van der Waals surface area contributed by atoms with Gasteiger partial charge in [-0.25, -0.2) is 0 Å². The second-order valence-electron chi connectivity index (χ2n) is 4.88. The molecule has 1 aliphatic carbocycles. The minimum absolute atomic E-state index is 0.729. The van der Waals surface area contributed by atoms with Crippen molar-refractivity contribution in [2.24, 2.45) is 0 Å². The van der Waals surface area contributed by atoms with E-state index >= 15 is 0 Å². The van der Waals surface area contributed by atoms with E-state index in [0.29, 0.717) is 0 Å². The minimum Gasteiger partial charge on any atom is -0.497 e. The molecule has 0 spiro atoms. The van der Waals surface area contributed by atoms with Crippen LogP contribution in [-0.4, -0.2) is 19.2 Å². The first kappa shape index (κ1) is 12.1. The normalized spacial score (nSPS) is 14.2. The Kier molecular flexibility index (Phi) is 2.93. The first-order chi connectivity index (χ1) is 9.24. The summed E-state index contributed by atoms with van der Waals surface area (Å²) in [5.41, 5.74) is 10.3. The summed E-state index contributed by atoms with van der Waals surface area (Å²) >= 11 is 0. The van der Waals surface area contributed by atoms with Crippen LogP contribution >= 0.6 is 0 Å². The minimum atomic E-state index is 0.729. The number of aromatic nitrogens is 1. The van der Waals surface area contributed by atoms with Crippen molar-refractivity contribution in [2.45, 2.75) is 25.7 Å². The van der Waals surface area contributed by atoms with Crippen LogP contribution < -0.4 is 15.2 Å². The third-order valence-electron chi connectivity index (χ3n) is 3.80. The summed E-state index contributed by atoms with van der Waals surface area (Å²) < 4.78 is 10.7. The lowest BCUT2D eigenvalue weighted by atomic mass is 9.92. The zero-order chi connectivity index (χ0) is 13.4. The monoisotopic (exact) mass is 258 g/mol. The number of aryl methyl sites for hydroxylation is 1. The van der Waals surface area contributed by atoms with Gasteiger partial charge in [0.25, 0.3) is 0 Å². The fraction of sp³-hybridized carbons (Fsp3) is 0.400. The Morgan fingerprint density at radius 1 is 1.11 bits per heavy atom. The average Bonchev–Trinajstić information content (AvgIpc) is 2.46. The summed E-state index contributed by atoms with van der Waals surface area (Å²) in [5.74, 6) is 1.47. The molecule has 1 aliphatic rings. The summed E-state index contributed by atoms with van der Waals surface area (Å²) in [4.78, 5) is 4.75. The molecule has 0 amide bonds. The highest BCUT2D eigenvalue weighted by molar-refractivity contribution is 5.98. The maximum absolute atomic E-state index is 6.35. The van der Waals surface area contributed by atoms with E-state index in [0.717, 1.165) is 46.6 Å². The van der Waals surface area contributed by atoms with E-state index in [1.165, 1.54) is 18.4 Å². The van der Waals surface area contributed by atoms with Crippen molar-refractivity contribution in [3.63, 3.8) is 0 Å². The van der Waals surface area contributed by atoms with Crippen LogP contribution in [0.5, 0.6) is 11.5 Å². The van der Waals surface area contributed by atoms with Crippen molar-refractivity contribution in [1.29, 1.82) is 0 Å². The molecule has 0 radical (unpaired) electrons. The summed E-state index contributed by atoms with van der Waals surface area (Å²) in [5, 5.41) is 0.906. The molecule has 0 atom stereocenters. The predicted octanol–water partition coefficient (Wildman–Crippen LogP) is 2.71. The van der Waals surface area contributed by atoms with E-state index < -0.39 is 0 Å². The maximum Gasteiger partial charge on any atom is 0.134 e. The van der Waals surface area contributed by atoms with Crippen molar-refractivity contribution in [3.05, 3.63) is 23.4 Å². The van der Waals surface area contributed by atoms with Crippen LogP contribution in [0.25, 0.3) is 10.9 Å². The van der Waals surface area contributed by atoms with Gasteiger partial charge in [0, 0.05) is 23.5 Å². The molecule has 0 bridgehead atoms. The molecule has 1 aromatic carbocycles. The van der Waals surface area contributed by atoms with E-state index in [2.05, 4.69) is 0 Å². The van der Waals surface area contributed by atoms with Gasteiger partial charge in [0.05, 0.1) is 25.1 Å². The van der Waals surface area contributed by atoms with Crippen LogP contribution in [-0.2, 0) is 12.8 Å². The van der Waals surface area contributed by atoms with Gasteiger partial charge in [-0.1, -0.05) is 0 Å². The van der Waals surface area contributed by atoms with Crippen LogP contribution in [0, 0.1) is 0 Å². The van der Waals surface area contributed by atoms with Gasteiger partial charge in [0.1, 0.15) is 11.5 Å². The van der Waals surface area contributed by atoms with Crippen molar-refractivity contribution < 1.29 is 9.47 Å². The molecular formula is C15H18N2O2. The highest BCUT2D eigenvalue weighted by atomic mass is 16.5. The third kappa shape index (κ3) is 1.87. The van der Waals surface area contributed by atoms with Crippen LogP contribution in [0.4, 0.5) is 5.69 Å². The zero-order valence-electron chi connectivity index (χ0n) is 11.3. The van der Waals surface area contributed by atoms with Crippen LogP contribution in [0.1, 0.15) is 24.1 Å². The van der Waals surface area contributed by atoms with Gasteiger partial charge in [-0.3, -0.25) is 4.98 Å². The molecular weight excluding hydrogens is 240 g/mol. The second-order valence-corrected chi connectivity index (χ2v) is 4.88. The number of benzene rings is 1. The quantitative estimate of drug-likeness (QED) is 0.899.